The molecule has 1 aliphatic rings. The first kappa shape index (κ1) is 13.6. The van der Waals surface area contributed by atoms with Crippen molar-refractivity contribution in [1.29, 1.82) is 0 Å². The second-order valence-electron chi connectivity index (χ2n) is 6.23. The predicted octanol–water partition coefficient (Wildman–Crippen LogP) is 4.55. The Bertz CT molecular complexity index is 739. The Hall–Kier alpha value is -2.06. The monoisotopic (exact) mass is 290 g/mol. The summed E-state index contributed by atoms with van der Waals surface area (Å²) in [6, 6.07) is 20.1. The van der Waals surface area contributed by atoms with Crippen molar-refractivity contribution in [2.24, 2.45) is 0 Å². The number of nitrogens with zero attached hydrogens (tertiary/aromatic N) is 1. The Morgan fingerprint density at radius 1 is 0.909 bits per heavy atom. The highest BCUT2D eigenvalue weighted by molar-refractivity contribution is 5.83. The minimum absolute atomic E-state index is 0.489. The lowest BCUT2D eigenvalue weighted by Gasteiger charge is -2.28. The minimum atomic E-state index is 0.489. The number of benzene rings is 2. The van der Waals surface area contributed by atoms with Gasteiger partial charge in [0.1, 0.15) is 0 Å². The summed E-state index contributed by atoms with van der Waals surface area (Å²) in [5.41, 5.74) is 4.11. The molecule has 0 aliphatic carbocycles. The lowest BCUT2D eigenvalue weighted by molar-refractivity contribution is 0.244. The highest BCUT2D eigenvalue weighted by Gasteiger charge is 2.24. The van der Waals surface area contributed by atoms with Gasteiger partial charge in [-0.2, -0.15) is 0 Å². The van der Waals surface area contributed by atoms with Crippen LogP contribution in [0.15, 0.2) is 60.8 Å². The molecule has 1 fully saturated rings. The van der Waals surface area contributed by atoms with Crippen LogP contribution in [0, 0.1) is 0 Å². The Morgan fingerprint density at radius 3 is 2.45 bits per heavy atom. The minimum Gasteiger partial charge on any atom is -0.361 e. The third kappa shape index (κ3) is 2.55. The van der Waals surface area contributed by atoms with E-state index in [2.05, 4.69) is 70.7 Å². The van der Waals surface area contributed by atoms with E-state index in [1.54, 1.807) is 0 Å². The van der Waals surface area contributed by atoms with Crippen molar-refractivity contribution in [2.75, 3.05) is 13.1 Å². The van der Waals surface area contributed by atoms with Gasteiger partial charge in [-0.3, -0.25) is 4.90 Å². The van der Waals surface area contributed by atoms with E-state index in [0.29, 0.717) is 6.04 Å². The van der Waals surface area contributed by atoms with E-state index >= 15 is 0 Å². The topological polar surface area (TPSA) is 19.0 Å². The molecule has 3 aromatic rings. The Morgan fingerprint density at radius 2 is 1.64 bits per heavy atom. The summed E-state index contributed by atoms with van der Waals surface area (Å²) in [4.78, 5) is 6.07. The molecule has 1 aliphatic heterocycles. The predicted molar refractivity (Wildman–Crippen MR) is 92.0 cm³/mol. The standard InChI is InChI=1S/C20H22N2/c1-2-8-16(9-3-1)20(22-12-6-7-13-22)14-17-15-21-19-11-5-4-10-18(17)19/h1-5,8-11,15,20-21H,6-7,12-14H2. The number of hydrogen-bond acceptors (Lipinski definition) is 1. The number of nitrogens with one attached hydrogen (secondary N) is 1. The van der Waals surface area contributed by atoms with Gasteiger partial charge in [-0.15, -0.1) is 0 Å². The average molecular weight is 290 g/mol. The lowest BCUT2D eigenvalue weighted by atomic mass is 9.97. The zero-order valence-electron chi connectivity index (χ0n) is 12.8. The molecule has 0 bridgehead atoms. The van der Waals surface area contributed by atoms with E-state index < -0.39 is 0 Å². The number of aromatic amines is 1. The summed E-state index contributed by atoms with van der Waals surface area (Å²) in [5, 5.41) is 1.36. The first-order chi connectivity index (χ1) is 10.9. The second-order valence-corrected chi connectivity index (χ2v) is 6.23. The zero-order valence-corrected chi connectivity index (χ0v) is 12.8. The van der Waals surface area contributed by atoms with Crippen molar-refractivity contribution >= 4 is 10.9 Å². The van der Waals surface area contributed by atoms with Gasteiger partial charge in [0.25, 0.3) is 0 Å². The van der Waals surface area contributed by atoms with Crippen molar-refractivity contribution < 1.29 is 0 Å². The summed E-state index contributed by atoms with van der Waals surface area (Å²) >= 11 is 0. The molecular weight excluding hydrogens is 268 g/mol. The van der Waals surface area contributed by atoms with Crippen molar-refractivity contribution in [2.45, 2.75) is 25.3 Å². The average Bonchev–Trinajstić information content (AvgIpc) is 3.23. The quantitative estimate of drug-likeness (QED) is 0.747. The number of para-hydroxylation sites is 1. The third-order valence-corrected chi connectivity index (χ3v) is 4.85. The Kier molecular flexibility index (Phi) is 3.69. The second kappa shape index (κ2) is 5.98. The van der Waals surface area contributed by atoms with Crippen molar-refractivity contribution in [3.8, 4) is 0 Å². The van der Waals surface area contributed by atoms with Crippen molar-refractivity contribution in [3.05, 3.63) is 71.9 Å². The number of H-pyrrole nitrogens is 1. The van der Waals surface area contributed by atoms with Crippen LogP contribution in [0.5, 0.6) is 0 Å². The normalized spacial score (nSPS) is 17.1. The van der Waals surface area contributed by atoms with E-state index in [0.717, 1.165) is 6.42 Å². The molecule has 2 aromatic carbocycles. The maximum absolute atomic E-state index is 3.42. The van der Waals surface area contributed by atoms with Crippen LogP contribution in [0.1, 0.15) is 30.0 Å². The zero-order chi connectivity index (χ0) is 14.8. The van der Waals surface area contributed by atoms with Crippen LogP contribution in [0.2, 0.25) is 0 Å². The fourth-order valence-corrected chi connectivity index (χ4v) is 3.70. The fraction of sp³-hybridized carbons (Fsp3) is 0.300. The van der Waals surface area contributed by atoms with E-state index in [1.807, 2.05) is 0 Å². The van der Waals surface area contributed by atoms with Crippen LogP contribution in [-0.4, -0.2) is 23.0 Å². The third-order valence-electron chi connectivity index (χ3n) is 4.85. The van der Waals surface area contributed by atoms with Crippen LogP contribution < -0.4 is 0 Å². The van der Waals surface area contributed by atoms with Gasteiger partial charge in [-0.1, -0.05) is 48.5 Å². The summed E-state index contributed by atoms with van der Waals surface area (Å²) in [5.74, 6) is 0. The molecule has 22 heavy (non-hydrogen) atoms. The highest BCUT2D eigenvalue weighted by atomic mass is 15.2. The summed E-state index contributed by atoms with van der Waals surface area (Å²) < 4.78 is 0. The van der Waals surface area contributed by atoms with Crippen molar-refractivity contribution in [3.63, 3.8) is 0 Å². The van der Waals surface area contributed by atoms with Gasteiger partial charge in [-0.25, -0.2) is 0 Å². The van der Waals surface area contributed by atoms with E-state index in [-0.39, 0.29) is 0 Å². The molecule has 2 heterocycles. The van der Waals surface area contributed by atoms with Gasteiger partial charge in [0.15, 0.2) is 0 Å². The number of fused-ring (bicyclic) bond motifs is 1. The summed E-state index contributed by atoms with van der Waals surface area (Å²) in [6.07, 6.45) is 5.93. The molecule has 0 radical (unpaired) electrons. The van der Waals surface area contributed by atoms with E-state index in [9.17, 15) is 0 Å². The van der Waals surface area contributed by atoms with Crippen LogP contribution in [-0.2, 0) is 6.42 Å². The molecule has 1 atom stereocenters. The van der Waals surface area contributed by atoms with Gasteiger partial charge in [0, 0.05) is 23.1 Å². The van der Waals surface area contributed by atoms with E-state index in [4.69, 9.17) is 0 Å². The molecule has 1 saturated heterocycles. The van der Waals surface area contributed by atoms with Crippen LogP contribution in [0.4, 0.5) is 0 Å². The van der Waals surface area contributed by atoms with Gasteiger partial charge in [0.05, 0.1) is 0 Å². The molecule has 1 N–H and O–H groups in total. The van der Waals surface area contributed by atoms with Gasteiger partial charge < -0.3 is 4.98 Å². The van der Waals surface area contributed by atoms with Gasteiger partial charge in [-0.05, 0) is 49.5 Å². The Labute approximate surface area is 131 Å². The molecule has 1 aromatic heterocycles. The van der Waals surface area contributed by atoms with Gasteiger partial charge >= 0.3 is 0 Å². The molecular formula is C20H22N2. The van der Waals surface area contributed by atoms with E-state index in [1.165, 1.54) is 48.0 Å². The van der Waals surface area contributed by atoms with Gasteiger partial charge in [0.2, 0.25) is 0 Å². The molecule has 0 amide bonds. The highest BCUT2D eigenvalue weighted by Crippen LogP contribution is 2.30. The SMILES string of the molecule is c1ccc(C(Cc2c[nH]c3ccccc23)N2CCCC2)cc1. The molecule has 112 valence electrons. The maximum Gasteiger partial charge on any atom is 0.0456 e. The largest absolute Gasteiger partial charge is 0.361 e. The first-order valence-corrected chi connectivity index (χ1v) is 8.26. The molecule has 1 unspecified atom stereocenters. The molecule has 4 rings (SSSR count). The summed E-state index contributed by atoms with van der Waals surface area (Å²) in [6.45, 7) is 2.45. The van der Waals surface area contributed by atoms with Crippen molar-refractivity contribution in [1.82, 2.24) is 9.88 Å². The van der Waals surface area contributed by atoms with Crippen LogP contribution in [0.3, 0.4) is 0 Å². The molecule has 0 saturated carbocycles. The maximum atomic E-state index is 3.42. The fourth-order valence-electron chi connectivity index (χ4n) is 3.70. The molecule has 2 heteroatoms. The molecule has 2 nitrogen and oxygen atoms in total. The first-order valence-electron chi connectivity index (χ1n) is 8.26. The smallest absolute Gasteiger partial charge is 0.0456 e. The number of hydrogen-bond donors (Lipinski definition) is 1. The lowest BCUT2D eigenvalue weighted by Crippen LogP contribution is -2.27. The number of aromatic nitrogens is 1. The van der Waals surface area contributed by atoms with Crippen LogP contribution >= 0.6 is 0 Å². The number of likely N-dealkylation sites (tertiary alicyclic amines) is 1. The number of rotatable bonds is 4. The summed E-state index contributed by atoms with van der Waals surface area (Å²) in [7, 11) is 0. The Balaban J connectivity index is 1.69. The van der Waals surface area contributed by atoms with Crippen LogP contribution in [0.25, 0.3) is 10.9 Å². The molecule has 0 spiro atoms.